The number of para-hydroxylation sites is 2. The molecule has 5 nitrogen and oxygen atoms in total. The van der Waals surface area contributed by atoms with Gasteiger partial charge in [-0.25, -0.2) is 0 Å². The van der Waals surface area contributed by atoms with Crippen molar-refractivity contribution in [1.82, 2.24) is 0 Å². The van der Waals surface area contributed by atoms with Crippen LogP contribution in [0.25, 0.3) is 10.8 Å². The number of carbonyl (C=O) groups is 2. The molecule has 1 heterocycles. The second kappa shape index (κ2) is 7.72. The summed E-state index contributed by atoms with van der Waals surface area (Å²) in [5.74, 6) is 0.379. The molecule has 3 aromatic carbocycles. The first kappa shape index (κ1) is 18.0. The van der Waals surface area contributed by atoms with Crippen LogP contribution in [0.1, 0.15) is 30.1 Å². The van der Waals surface area contributed by atoms with Gasteiger partial charge in [0.15, 0.2) is 0 Å². The Morgan fingerprint density at radius 1 is 1.07 bits per heavy atom. The predicted octanol–water partition coefficient (Wildman–Crippen LogP) is 4.62. The van der Waals surface area contributed by atoms with Crippen molar-refractivity contribution in [2.75, 3.05) is 23.4 Å². The highest BCUT2D eigenvalue weighted by molar-refractivity contribution is 6.11. The molecule has 0 aromatic heterocycles. The van der Waals surface area contributed by atoms with Gasteiger partial charge in [-0.2, -0.15) is 0 Å². The average molecular weight is 374 g/mol. The predicted molar refractivity (Wildman–Crippen MR) is 111 cm³/mol. The SMILES string of the molecule is CCOc1cc2ccccc2cc1C(=O)Nc1ccccc1N1CCCC1=O. The van der Waals surface area contributed by atoms with E-state index in [0.717, 1.165) is 22.9 Å². The fraction of sp³-hybridized carbons (Fsp3) is 0.217. The molecule has 3 aromatic rings. The van der Waals surface area contributed by atoms with Gasteiger partial charge in [0, 0.05) is 13.0 Å². The molecule has 0 spiro atoms. The minimum absolute atomic E-state index is 0.0856. The Morgan fingerprint density at radius 3 is 2.50 bits per heavy atom. The first-order valence-corrected chi connectivity index (χ1v) is 9.53. The highest BCUT2D eigenvalue weighted by atomic mass is 16.5. The number of carbonyl (C=O) groups excluding carboxylic acids is 2. The third-order valence-electron chi connectivity index (χ3n) is 4.91. The van der Waals surface area contributed by atoms with Crippen LogP contribution in [-0.4, -0.2) is 25.0 Å². The first-order valence-electron chi connectivity index (χ1n) is 9.53. The molecular weight excluding hydrogens is 352 g/mol. The van der Waals surface area contributed by atoms with Crippen LogP contribution in [0, 0.1) is 0 Å². The van der Waals surface area contributed by atoms with Gasteiger partial charge in [0.25, 0.3) is 5.91 Å². The summed E-state index contributed by atoms with van der Waals surface area (Å²) in [4.78, 5) is 27.0. The lowest BCUT2D eigenvalue weighted by Crippen LogP contribution is -2.25. The Bertz CT molecular complexity index is 1040. The maximum Gasteiger partial charge on any atom is 0.259 e. The average Bonchev–Trinajstić information content (AvgIpc) is 3.14. The van der Waals surface area contributed by atoms with Crippen LogP contribution in [0.3, 0.4) is 0 Å². The molecule has 0 bridgehead atoms. The van der Waals surface area contributed by atoms with Gasteiger partial charge in [0.05, 0.1) is 23.5 Å². The van der Waals surface area contributed by atoms with E-state index in [1.54, 1.807) is 4.90 Å². The van der Waals surface area contributed by atoms with E-state index in [9.17, 15) is 9.59 Å². The zero-order valence-electron chi connectivity index (χ0n) is 15.8. The van der Waals surface area contributed by atoms with Crippen molar-refractivity contribution in [2.24, 2.45) is 0 Å². The fourth-order valence-corrected chi connectivity index (χ4v) is 3.58. The van der Waals surface area contributed by atoms with Gasteiger partial charge < -0.3 is 15.0 Å². The molecule has 1 aliphatic heterocycles. The Kier molecular flexibility index (Phi) is 4.98. The monoisotopic (exact) mass is 374 g/mol. The van der Waals surface area contributed by atoms with E-state index in [4.69, 9.17) is 4.74 Å². The number of nitrogens with zero attached hydrogens (tertiary/aromatic N) is 1. The lowest BCUT2D eigenvalue weighted by molar-refractivity contribution is -0.117. The maximum atomic E-state index is 13.1. The zero-order chi connectivity index (χ0) is 19.5. The van der Waals surface area contributed by atoms with Crippen LogP contribution >= 0.6 is 0 Å². The second-order valence-corrected chi connectivity index (χ2v) is 6.75. The summed E-state index contributed by atoms with van der Waals surface area (Å²) < 4.78 is 5.73. The zero-order valence-corrected chi connectivity index (χ0v) is 15.8. The standard InChI is InChI=1S/C23H22N2O3/c1-2-28-21-15-17-9-4-3-8-16(17)14-18(21)23(27)24-19-10-5-6-11-20(19)25-13-7-12-22(25)26/h3-6,8-11,14-15H,2,7,12-13H2,1H3,(H,24,27). The van der Waals surface area contributed by atoms with Gasteiger partial charge in [-0.15, -0.1) is 0 Å². The van der Waals surface area contributed by atoms with E-state index in [2.05, 4.69) is 5.32 Å². The van der Waals surface area contributed by atoms with E-state index >= 15 is 0 Å². The third-order valence-corrected chi connectivity index (χ3v) is 4.91. The molecule has 5 heteroatoms. The molecule has 0 aliphatic carbocycles. The van der Waals surface area contributed by atoms with Crippen LogP contribution < -0.4 is 15.0 Å². The van der Waals surface area contributed by atoms with Gasteiger partial charge >= 0.3 is 0 Å². The van der Waals surface area contributed by atoms with Crippen LogP contribution in [-0.2, 0) is 4.79 Å². The van der Waals surface area contributed by atoms with Crippen molar-refractivity contribution >= 4 is 34.0 Å². The molecular formula is C23H22N2O3. The minimum atomic E-state index is -0.256. The Balaban J connectivity index is 1.69. The first-order chi connectivity index (χ1) is 13.7. The lowest BCUT2D eigenvalue weighted by Gasteiger charge is -2.20. The summed E-state index contributed by atoms with van der Waals surface area (Å²) in [6, 6.07) is 19.0. The molecule has 1 aliphatic rings. The number of hydrogen-bond acceptors (Lipinski definition) is 3. The van der Waals surface area contributed by atoms with Gasteiger partial charge in [-0.3, -0.25) is 9.59 Å². The number of amides is 2. The molecule has 0 atom stereocenters. The quantitative estimate of drug-likeness (QED) is 0.709. The van der Waals surface area contributed by atoms with E-state index in [-0.39, 0.29) is 11.8 Å². The van der Waals surface area contributed by atoms with Gasteiger partial charge in [-0.1, -0.05) is 36.4 Å². The minimum Gasteiger partial charge on any atom is -0.493 e. The van der Waals surface area contributed by atoms with E-state index in [1.807, 2.05) is 67.6 Å². The van der Waals surface area contributed by atoms with E-state index in [1.165, 1.54) is 0 Å². The summed E-state index contributed by atoms with van der Waals surface area (Å²) in [7, 11) is 0. The van der Waals surface area contributed by atoms with Crippen molar-refractivity contribution in [3.8, 4) is 5.75 Å². The van der Waals surface area contributed by atoms with Crippen molar-refractivity contribution in [2.45, 2.75) is 19.8 Å². The largest absolute Gasteiger partial charge is 0.493 e. The molecule has 0 unspecified atom stereocenters. The summed E-state index contributed by atoms with van der Waals surface area (Å²) in [5.41, 5.74) is 1.83. The smallest absolute Gasteiger partial charge is 0.259 e. The molecule has 142 valence electrons. The molecule has 2 amide bonds. The van der Waals surface area contributed by atoms with Gasteiger partial charge in [-0.05, 0) is 48.4 Å². The van der Waals surface area contributed by atoms with Crippen LogP contribution in [0.5, 0.6) is 5.75 Å². The number of benzene rings is 3. The molecule has 0 radical (unpaired) electrons. The molecule has 28 heavy (non-hydrogen) atoms. The molecule has 1 saturated heterocycles. The van der Waals surface area contributed by atoms with Crippen molar-refractivity contribution in [3.05, 3.63) is 66.2 Å². The van der Waals surface area contributed by atoms with Crippen LogP contribution in [0.15, 0.2) is 60.7 Å². The number of hydrogen-bond donors (Lipinski definition) is 1. The summed E-state index contributed by atoms with van der Waals surface area (Å²) in [5, 5.41) is 4.97. The Labute approximate surface area is 163 Å². The number of fused-ring (bicyclic) bond motifs is 1. The fourth-order valence-electron chi connectivity index (χ4n) is 3.58. The maximum absolute atomic E-state index is 13.1. The topological polar surface area (TPSA) is 58.6 Å². The second-order valence-electron chi connectivity index (χ2n) is 6.75. The van der Waals surface area contributed by atoms with Gasteiger partial charge in [0.2, 0.25) is 5.91 Å². The molecule has 4 rings (SSSR count). The molecule has 1 N–H and O–H groups in total. The highest BCUT2D eigenvalue weighted by Gasteiger charge is 2.24. The number of rotatable bonds is 5. The summed E-state index contributed by atoms with van der Waals surface area (Å²) in [6.45, 7) is 3.04. The van der Waals surface area contributed by atoms with E-state index in [0.29, 0.717) is 36.6 Å². The summed E-state index contributed by atoms with van der Waals surface area (Å²) in [6.07, 6.45) is 1.38. The number of anilines is 2. The van der Waals surface area contributed by atoms with Crippen molar-refractivity contribution < 1.29 is 14.3 Å². The normalized spacial score (nSPS) is 13.8. The lowest BCUT2D eigenvalue weighted by atomic mass is 10.0. The molecule has 1 fully saturated rings. The number of ether oxygens (including phenoxy) is 1. The highest BCUT2D eigenvalue weighted by Crippen LogP contribution is 2.31. The van der Waals surface area contributed by atoms with Crippen LogP contribution in [0.4, 0.5) is 11.4 Å². The number of nitrogens with one attached hydrogen (secondary N) is 1. The Hall–Kier alpha value is -3.34. The van der Waals surface area contributed by atoms with Crippen LogP contribution in [0.2, 0.25) is 0 Å². The summed E-state index contributed by atoms with van der Waals surface area (Å²) >= 11 is 0. The molecule has 0 saturated carbocycles. The van der Waals surface area contributed by atoms with E-state index < -0.39 is 0 Å². The Morgan fingerprint density at radius 2 is 1.79 bits per heavy atom. The third kappa shape index (κ3) is 3.43. The van der Waals surface area contributed by atoms with Gasteiger partial charge in [0.1, 0.15) is 5.75 Å². The van der Waals surface area contributed by atoms with Crippen molar-refractivity contribution in [3.63, 3.8) is 0 Å². The van der Waals surface area contributed by atoms with Crippen molar-refractivity contribution in [1.29, 1.82) is 0 Å².